The van der Waals surface area contributed by atoms with Crippen molar-refractivity contribution in [3.8, 4) is 0 Å². The molecule has 2 heteroatoms. The molecule has 0 radical (unpaired) electrons. The quantitative estimate of drug-likeness (QED) is 0.694. The molecule has 0 bridgehead atoms. The van der Waals surface area contributed by atoms with Crippen LogP contribution in [-0.4, -0.2) is 4.98 Å². The molecule has 2 nitrogen and oxygen atoms in total. The van der Waals surface area contributed by atoms with Crippen molar-refractivity contribution in [2.75, 3.05) is 0 Å². The van der Waals surface area contributed by atoms with Gasteiger partial charge in [-0.05, 0) is 36.4 Å². The summed E-state index contributed by atoms with van der Waals surface area (Å²) in [6, 6.07) is 9.55. The minimum absolute atomic E-state index is 0.839. The Bertz CT molecular complexity index is 376. The molecule has 0 aliphatic carbocycles. The van der Waals surface area contributed by atoms with Crippen LogP contribution >= 0.6 is 0 Å². The Kier molecular flexibility index (Phi) is 2.23. The van der Waals surface area contributed by atoms with Gasteiger partial charge in [-0.25, -0.2) is 0 Å². The first-order valence-corrected chi connectivity index (χ1v) is 4.08. The van der Waals surface area contributed by atoms with Crippen molar-refractivity contribution in [1.29, 1.82) is 0 Å². The summed E-state index contributed by atoms with van der Waals surface area (Å²) in [4.78, 5) is 4.15. The lowest BCUT2D eigenvalue weighted by atomic mass is 10.3. The first-order valence-electron chi connectivity index (χ1n) is 4.08. The van der Waals surface area contributed by atoms with E-state index in [4.69, 9.17) is 4.42 Å². The molecule has 0 saturated carbocycles. The van der Waals surface area contributed by atoms with Gasteiger partial charge in [0.1, 0.15) is 5.76 Å². The Morgan fingerprint density at radius 2 is 2.08 bits per heavy atom. The molecule has 2 aromatic heterocycles. The van der Waals surface area contributed by atoms with Gasteiger partial charge in [-0.15, -0.1) is 0 Å². The second-order valence-electron chi connectivity index (χ2n) is 2.60. The highest BCUT2D eigenvalue weighted by atomic mass is 16.3. The highest BCUT2D eigenvalue weighted by Gasteiger charge is 1.88. The van der Waals surface area contributed by atoms with Crippen LogP contribution in [0.1, 0.15) is 11.5 Å². The average Bonchev–Trinajstić information content (AvgIpc) is 2.69. The van der Waals surface area contributed by atoms with E-state index in [9.17, 15) is 0 Å². The third kappa shape index (κ3) is 2.06. The molecule has 0 amide bonds. The van der Waals surface area contributed by atoms with E-state index in [0.717, 1.165) is 11.5 Å². The summed E-state index contributed by atoms with van der Waals surface area (Å²) < 4.78 is 5.14. The zero-order valence-corrected chi connectivity index (χ0v) is 7.05. The molecule has 2 aromatic rings. The lowest BCUT2D eigenvalue weighted by Gasteiger charge is -1.88. The number of hydrogen-bond donors (Lipinski definition) is 0. The summed E-state index contributed by atoms with van der Waals surface area (Å²) in [7, 11) is 0. The Labute approximate surface area is 76.5 Å². The standard InChI is InChI=1S/C11H9NO/c1-2-8-12-10(4-1)6-7-11-5-3-9-13-11/h1-9H/b7-6+. The van der Waals surface area contributed by atoms with Crippen LogP contribution in [0.2, 0.25) is 0 Å². The van der Waals surface area contributed by atoms with Gasteiger partial charge in [-0.3, -0.25) is 4.98 Å². The smallest absolute Gasteiger partial charge is 0.126 e. The first kappa shape index (κ1) is 7.80. The van der Waals surface area contributed by atoms with Crippen LogP contribution in [0, 0.1) is 0 Å². The molecule has 0 aliphatic rings. The number of rotatable bonds is 2. The summed E-state index contributed by atoms with van der Waals surface area (Å²) in [5.74, 6) is 0.839. The Morgan fingerprint density at radius 3 is 2.77 bits per heavy atom. The highest BCUT2D eigenvalue weighted by Crippen LogP contribution is 2.05. The second-order valence-corrected chi connectivity index (χ2v) is 2.60. The molecule has 0 unspecified atom stereocenters. The molecule has 0 N–H and O–H groups in total. The average molecular weight is 171 g/mol. The van der Waals surface area contributed by atoms with E-state index in [1.807, 2.05) is 42.5 Å². The molecule has 0 spiro atoms. The van der Waals surface area contributed by atoms with E-state index in [2.05, 4.69) is 4.98 Å². The summed E-state index contributed by atoms with van der Waals surface area (Å²) >= 11 is 0. The fraction of sp³-hybridized carbons (Fsp3) is 0. The number of hydrogen-bond acceptors (Lipinski definition) is 2. The van der Waals surface area contributed by atoms with E-state index in [1.54, 1.807) is 12.5 Å². The summed E-state index contributed by atoms with van der Waals surface area (Å²) in [6.07, 6.45) is 7.22. The zero-order chi connectivity index (χ0) is 8.93. The van der Waals surface area contributed by atoms with Crippen LogP contribution < -0.4 is 0 Å². The van der Waals surface area contributed by atoms with Gasteiger partial charge >= 0.3 is 0 Å². The summed E-state index contributed by atoms with van der Waals surface area (Å²) in [5, 5.41) is 0. The van der Waals surface area contributed by atoms with Crippen LogP contribution in [0.3, 0.4) is 0 Å². The molecule has 2 rings (SSSR count). The van der Waals surface area contributed by atoms with Crippen molar-refractivity contribution in [2.45, 2.75) is 0 Å². The van der Waals surface area contributed by atoms with Gasteiger partial charge in [-0.2, -0.15) is 0 Å². The van der Waals surface area contributed by atoms with Crippen LogP contribution in [-0.2, 0) is 0 Å². The predicted octanol–water partition coefficient (Wildman–Crippen LogP) is 2.85. The Morgan fingerprint density at radius 1 is 1.08 bits per heavy atom. The van der Waals surface area contributed by atoms with Crippen LogP contribution in [0.5, 0.6) is 0 Å². The zero-order valence-electron chi connectivity index (χ0n) is 7.05. The molecular weight excluding hydrogens is 162 g/mol. The number of aromatic nitrogens is 1. The molecule has 2 heterocycles. The van der Waals surface area contributed by atoms with E-state index in [1.165, 1.54) is 0 Å². The number of pyridine rings is 1. The molecule has 0 fully saturated rings. The van der Waals surface area contributed by atoms with Gasteiger partial charge in [0.25, 0.3) is 0 Å². The van der Waals surface area contributed by atoms with Crippen molar-refractivity contribution < 1.29 is 4.42 Å². The van der Waals surface area contributed by atoms with Crippen molar-refractivity contribution in [3.05, 3.63) is 54.2 Å². The van der Waals surface area contributed by atoms with Crippen LogP contribution in [0.4, 0.5) is 0 Å². The van der Waals surface area contributed by atoms with E-state index < -0.39 is 0 Å². The maximum atomic E-state index is 5.14. The first-order chi connectivity index (χ1) is 6.45. The molecular formula is C11H9NO. The summed E-state index contributed by atoms with van der Waals surface area (Å²) in [5.41, 5.74) is 0.930. The lowest BCUT2D eigenvalue weighted by Crippen LogP contribution is -1.75. The second kappa shape index (κ2) is 3.72. The van der Waals surface area contributed by atoms with E-state index >= 15 is 0 Å². The van der Waals surface area contributed by atoms with Gasteiger partial charge in [0.15, 0.2) is 0 Å². The van der Waals surface area contributed by atoms with Gasteiger partial charge < -0.3 is 4.42 Å². The van der Waals surface area contributed by atoms with E-state index in [0.29, 0.717) is 0 Å². The van der Waals surface area contributed by atoms with Crippen molar-refractivity contribution in [2.24, 2.45) is 0 Å². The third-order valence-electron chi connectivity index (χ3n) is 1.65. The molecule has 0 aromatic carbocycles. The van der Waals surface area contributed by atoms with Crippen molar-refractivity contribution >= 4 is 12.2 Å². The Balaban J connectivity index is 2.15. The minimum atomic E-state index is 0.839. The SMILES string of the molecule is C(=C\c1ccco1)/c1ccccn1. The maximum Gasteiger partial charge on any atom is 0.126 e. The Hall–Kier alpha value is -1.83. The molecule has 0 saturated heterocycles. The normalized spacial score (nSPS) is 10.8. The summed E-state index contributed by atoms with van der Waals surface area (Å²) in [6.45, 7) is 0. The van der Waals surface area contributed by atoms with Crippen LogP contribution in [0.25, 0.3) is 12.2 Å². The van der Waals surface area contributed by atoms with Crippen molar-refractivity contribution in [1.82, 2.24) is 4.98 Å². The molecule has 0 aliphatic heterocycles. The lowest BCUT2D eigenvalue weighted by molar-refractivity contribution is 0.557. The van der Waals surface area contributed by atoms with Crippen LogP contribution in [0.15, 0.2) is 47.2 Å². The van der Waals surface area contributed by atoms with Gasteiger partial charge in [-0.1, -0.05) is 6.07 Å². The largest absolute Gasteiger partial charge is 0.465 e. The highest BCUT2D eigenvalue weighted by molar-refractivity contribution is 5.65. The predicted molar refractivity (Wildman–Crippen MR) is 51.9 cm³/mol. The van der Waals surface area contributed by atoms with Gasteiger partial charge in [0, 0.05) is 6.20 Å². The third-order valence-corrected chi connectivity index (χ3v) is 1.65. The van der Waals surface area contributed by atoms with Gasteiger partial charge in [0.05, 0.1) is 12.0 Å². The molecule has 0 atom stereocenters. The van der Waals surface area contributed by atoms with Gasteiger partial charge in [0.2, 0.25) is 0 Å². The number of nitrogens with zero attached hydrogens (tertiary/aromatic N) is 1. The fourth-order valence-corrected chi connectivity index (χ4v) is 1.03. The molecule has 64 valence electrons. The monoisotopic (exact) mass is 171 g/mol. The fourth-order valence-electron chi connectivity index (χ4n) is 1.03. The number of furan rings is 1. The molecule has 13 heavy (non-hydrogen) atoms. The van der Waals surface area contributed by atoms with E-state index in [-0.39, 0.29) is 0 Å². The topological polar surface area (TPSA) is 26.0 Å². The minimum Gasteiger partial charge on any atom is -0.465 e. The van der Waals surface area contributed by atoms with Crippen molar-refractivity contribution in [3.63, 3.8) is 0 Å². The maximum absolute atomic E-state index is 5.14.